The predicted molar refractivity (Wildman–Crippen MR) is 99.4 cm³/mol. The van der Waals surface area contributed by atoms with Crippen LogP contribution in [0.3, 0.4) is 0 Å². The number of fused-ring (bicyclic) bond motifs is 1. The van der Waals surface area contributed by atoms with E-state index in [1.807, 2.05) is 42.6 Å². The Bertz CT molecular complexity index is 857. The Morgan fingerprint density at radius 3 is 2.72 bits per heavy atom. The van der Waals surface area contributed by atoms with Gasteiger partial charge in [-0.3, -0.25) is 4.79 Å². The van der Waals surface area contributed by atoms with Gasteiger partial charge in [-0.25, -0.2) is 0 Å². The third-order valence-corrected chi connectivity index (χ3v) is 4.37. The molecule has 3 rings (SSSR count). The largest absolute Gasteiger partial charge is 0.508 e. The van der Waals surface area contributed by atoms with Crippen LogP contribution < -0.4 is 11.1 Å². The molecule has 3 aromatic rings. The van der Waals surface area contributed by atoms with E-state index in [0.717, 1.165) is 28.5 Å². The first-order valence-corrected chi connectivity index (χ1v) is 8.50. The van der Waals surface area contributed by atoms with Crippen molar-refractivity contribution < 1.29 is 9.90 Å². The number of carbonyl (C=O) groups is 1. The molecule has 0 bridgehead atoms. The number of rotatable bonds is 7. The third kappa shape index (κ3) is 4.19. The number of nitrogens with two attached hydrogens (primary N) is 1. The molecule has 0 fully saturated rings. The summed E-state index contributed by atoms with van der Waals surface area (Å²) < 4.78 is 0. The van der Waals surface area contributed by atoms with E-state index in [-0.39, 0.29) is 5.91 Å². The van der Waals surface area contributed by atoms with Gasteiger partial charge >= 0.3 is 0 Å². The molecule has 0 spiro atoms. The molecule has 1 amide bonds. The van der Waals surface area contributed by atoms with Crippen molar-refractivity contribution in [3.8, 4) is 5.75 Å². The summed E-state index contributed by atoms with van der Waals surface area (Å²) in [5.41, 5.74) is 9.04. The molecule has 0 aliphatic carbocycles. The molecule has 0 saturated carbocycles. The molecule has 25 heavy (non-hydrogen) atoms. The molecule has 2 aromatic carbocycles. The molecule has 0 aliphatic rings. The predicted octanol–water partition coefficient (Wildman–Crippen LogP) is 2.49. The number of phenolic OH excluding ortho intramolecular Hbond substituents is 1. The van der Waals surface area contributed by atoms with Gasteiger partial charge in [0.15, 0.2) is 0 Å². The van der Waals surface area contributed by atoms with Gasteiger partial charge in [-0.05, 0) is 42.5 Å². The Kier molecular flexibility index (Phi) is 5.36. The number of carbonyl (C=O) groups excluding carboxylic acids is 1. The van der Waals surface area contributed by atoms with Crippen LogP contribution in [-0.4, -0.2) is 28.6 Å². The zero-order chi connectivity index (χ0) is 17.6. The van der Waals surface area contributed by atoms with Gasteiger partial charge in [0.05, 0.1) is 6.04 Å². The summed E-state index contributed by atoms with van der Waals surface area (Å²) >= 11 is 0. The number of phenols is 1. The topological polar surface area (TPSA) is 91.1 Å². The number of amides is 1. The highest BCUT2D eigenvalue weighted by atomic mass is 16.3. The first-order chi connectivity index (χ1) is 12.1. The van der Waals surface area contributed by atoms with Crippen molar-refractivity contribution in [3.63, 3.8) is 0 Å². The Morgan fingerprint density at radius 2 is 1.88 bits per heavy atom. The number of aryl methyl sites for hydroxylation is 1. The highest BCUT2D eigenvalue weighted by molar-refractivity contribution is 5.86. The summed E-state index contributed by atoms with van der Waals surface area (Å²) in [7, 11) is 0. The number of aromatic hydroxyl groups is 1. The van der Waals surface area contributed by atoms with Crippen molar-refractivity contribution in [2.24, 2.45) is 5.73 Å². The van der Waals surface area contributed by atoms with E-state index in [1.54, 1.807) is 12.1 Å². The molecule has 5 nitrogen and oxygen atoms in total. The number of benzene rings is 2. The molecule has 1 heterocycles. The molecule has 1 unspecified atom stereocenters. The first-order valence-electron chi connectivity index (χ1n) is 8.50. The average molecular weight is 337 g/mol. The lowest BCUT2D eigenvalue weighted by atomic mass is 10.0. The van der Waals surface area contributed by atoms with Gasteiger partial charge in [-0.1, -0.05) is 36.4 Å². The van der Waals surface area contributed by atoms with Crippen LogP contribution in [0, 0.1) is 0 Å². The number of aromatic amines is 1. The Morgan fingerprint density at radius 1 is 1.12 bits per heavy atom. The minimum Gasteiger partial charge on any atom is -0.508 e. The van der Waals surface area contributed by atoms with Crippen LogP contribution in [0.15, 0.2) is 54.7 Å². The lowest BCUT2D eigenvalue weighted by Gasteiger charge is -2.12. The fraction of sp³-hybridized carbons (Fsp3) is 0.250. The fourth-order valence-electron chi connectivity index (χ4n) is 2.97. The molecule has 5 N–H and O–H groups in total. The molecule has 0 aliphatic heterocycles. The first kappa shape index (κ1) is 17.0. The number of hydrogen-bond donors (Lipinski definition) is 4. The third-order valence-electron chi connectivity index (χ3n) is 4.37. The fourth-order valence-corrected chi connectivity index (χ4v) is 2.97. The van der Waals surface area contributed by atoms with Gasteiger partial charge < -0.3 is 21.1 Å². The van der Waals surface area contributed by atoms with E-state index in [4.69, 9.17) is 5.73 Å². The Hall–Kier alpha value is -2.79. The lowest BCUT2D eigenvalue weighted by molar-refractivity contribution is -0.122. The van der Waals surface area contributed by atoms with Crippen molar-refractivity contribution in [2.75, 3.05) is 6.54 Å². The van der Waals surface area contributed by atoms with Crippen LogP contribution in [-0.2, 0) is 17.6 Å². The van der Waals surface area contributed by atoms with E-state index in [1.165, 1.54) is 0 Å². The summed E-state index contributed by atoms with van der Waals surface area (Å²) in [6, 6.07) is 14.6. The standard InChI is InChI=1S/C20H23N3O2/c21-17(12-15-13-23-18-9-3-2-8-16(15)18)20(25)22-11-5-7-14-6-1-4-10-19(14)24/h1-4,6,8-10,13,17,23-24H,5,7,11-12,21H2,(H,22,25). The van der Waals surface area contributed by atoms with E-state index in [9.17, 15) is 9.90 Å². The van der Waals surface area contributed by atoms with Crippen molar-refractivity contribution >= 4 is 16.8 Å². The number of hydrogen-bond acceptors (Lipinski definition) is 3. The molecule has 130 valence electrons. The highest BCUT2D eigenvalue weighted by Crippen LogP contribution is 2.19. The second-order valence-corrected chi connectivity index (χ2v) is 6.19. The summed E-state index contributed by atoms with van der Waals surface area (Å²) in [6.45, 7) is 0.536. The van der Waals surface area contributed by atoms with Crippen LogP contribution in [0.1, 0.15) is 17.5 Å². The highest BCUT2D eigenvalue weighted by Gasteiger charge is 2.15. The van der Waals surface area contributed by atoms with Gasteiger partial charge in [0.1, 0.15) is 5.75 Å². The Labute approximate surface area is 146 Å². The molecular formula is C20H23N3O2. The van der Waals surface area contributed by atoms with Gasteiger partial charge in [0.25, 0.3) is 0 Å². The van der Waals surface area contributed by atoms with E-state index in [0.29, 0.717) is 25.1 Å². The van der Waals surface area contributed by atoms with Crippen LogP contribution in [0.2, 0.25) is 0 Å². The number of H-pyrrole nitrogens is 1. The maximum Gasteiger partial charge on any atom is 0.237 e. The number of nitrogens with one attached hydrogen (secondary N) is 2. The zero-order valence-corrected chi connectivity index (χ0v) is 14.0. The van der Waals surface area contributed by atoms with Crippen LogP contribution >= 0.6 is 0 Å². The lowest BCUT2D eigenvalue weighted by Crippen LogP contribution is -2.42. The molecule has 5 heteroatoms. The SMILES string of the molecule is NC(Cc1c[nH]c2ccccc12)C(=O)NCCCc1ccccc1O. The van der Waals surface area contributed by atoms with Crippen molar-refractivity contribution in [1.29, 1.82) is 0 Å². The van der Waals surface area contributed by atoms with E-state index < -0.39 is 6.04 Å². The maximum atomic E-state index is 12.2. The normalized spacial score (nSPS) is 12.2. The molecule has 0 radical (unpaired) electrons. The summed E-state index contributed by atoms with van der Waals surface area (Å²) in [6.07, 6.45) is 3.87. The van der Waals surface area contributed by atoms with E-state index in [2.05, 4.69) is 10.3 Å². The molecular weight excluding hydrogens is 314 g/mol. The van der Waals surface area contributed by atoms with Crippen LogP contribution in [0.5, 0.6) is 5.75 Å². The number of aromatic nitrogens is 1. The summed E-state index contributed by atoms with van der Waals surface area (Å²) in [5.74, 6) is 0.146. The van der Waals surface area contributed by atoms with Gasteiger partial charge in [0.2, 0.25) is 5.91 Å². The van der Waals surface area contributed by atoms with Crippen LogP contribution in [0.25, 0.3) is 10.9 Å². The van der Waals surface area contributed by atoms with E-state index >= 15 is 0 Å². The molecule has 0 saturated heterocycles. The van der Waals surface area contributed by atoms with Crippen molar-refractivity contribution in [3.05, 3.63) is 65.9 Å². The molecule has 1 atom stereocenters. The second-order valence-electron chi connectivity index (χ2n) is 6.19. The van der Waals surface area contributed by atoms with Gasteiger partial charge in [0, 0.05) is 23.6 Å². The van der Waals surface area contributed by atoms with Crippen molar-refractivity contribution in [2.45, 2.75) is 25.3 Å². The minimum atomic E-state index is -0.579. The smallest absolute Gasteiger partial charge is 0.237 e. The zero-order valence-electron chi connectivity index (χ0n) is 14.0. The average Bonchev–Trinajstić information content (AvgIpc) is 3.03. The quantitative estimate of drug-likeness (QED) is 0.499. The summed E-state index contributed by atoms with van der Waals surface area (Å²) in [4.78, 5) is 15.4. The van der Waals surface area contributed by atoms with Gasteiger partial charge in [-0.2, -0.15) is 0 Å². The molecule has 1 aromatic heterocycles. The second kappa shape index (κ2) is 7.85. The number of para-hydroxylation sites is 2. The minimum absolute atomic E-state index is 0.150. The van der Waals surface area contributed by atoms with Crippen molar-refractivity contribution in [1.82, 2.24) is 10.3 Å². The Balaban J connectivity index is 1.47. The maximum absolute atomic E-state index is 12.2. The van der Waals surface area contributed by atoms with Gasteiger partial charge in [-0.15, -0.1) is 0 Å². The summed E-state index contributed by atoms with van der Waals surface area (Å²) in [5, 5.41) is 13.7. The monoisotopic (exact) mass is 337 g/mol. The van der Waals surface area contributed by atoms with Crippen LogP contribution in [0.4, 0.5) is 0 Å².